The van der Waals surface area contributed by atoms with Crippen LogP contribution in [0.5, 0.6) is 0 Å². The predicted octanol–water partition coefficient (Wildman–Crippen LogP) is 2.11. The van der Waals surface area contributed by atoms with Gasteiger partial charge in [-0.2, -0.15) is 0 Å². The molecule has 4 nitrogen and oxygen atoms in total. The van der Waals surface area contributed by atoms with E-state index in [9.17, 15) is 4.79 Å². The lowest BCUT2D eigenvalue weighted by Gasteiger charge is -2.15. The molecule has 3 rings (SSSR count). The largest absolute Gasteiger partial charge is 0.384 e. The van der Waals surface area contributed by atoms with Gasteiger partial charge in [-0.25, -0.2) is 0 Å². The van der Waals surface area contributed by atoms with E-state index in [1.807, 2.05) is 12.1 Å². The number of rotatable bonds is 3. The van der Waals surface area contributed by atoms with Crippen molar-refractivity contribution in [1.82, 2.24) is 0 Å². The number of nitrogens with one attached hydrogen (secondary N) is 2. The van der Waals surface area contributed by atoms with Crippen LogP contribution < -0.4 is 16.4 Å². The van der Waals surface area contributed by atoms with Crippen molar-refractivity contribution in [3.8, 4) is 0 Å². The summed E-state index contributed by atoms with van der Waals surface area (Å²) < 4.78 is 0. The molecule has 1 heterocycles. The van der Waals surface area contributed by atoms with Crippen LogP contribution in [0.4, 0.5) is 11.4 Å². The Morgan fingerprint density at radius 1 is 1.42 bits per heavy atom. The highest BCUT2D eigenvalue weighted by Gasteiger charge is 2.26. The van der Waals surface area contributed by atoms with Gasteiger partial charge in [0.2, 0.25) is 5.91 Å². The van der Waals surface area contributed by atoms with Crippen molar-refractivity contribution < 1.29 is 4.79 Å². The van der Waals surface area contributed by atoms with Gasteiger partial charge in [-0.15, -0.1) is 0 Å². The molecule has 0 spiro atoms. The SMILES string of the molecule is N[C@@H]1CCC[C@H]1CC(=O)Nc1ccc2c(c1)CCN2. The fraction of sp³-hybridized carbons (Fsp3) is 0.533. The van der Waals surface area contributed by atoms with Gasteiger partial charge in [0, 0.05) is 30.4 Å². The fourth-order valence-electron chi connectivity index (χ4n) is 3.15. The lowest BCUT2D eigenvalue weighted by atomic mass is 10.00. The van der Waals surface area contributed by atoms with E-state index < -0.39 is 0 Å². The predicted molar refractivity (Wildman–Crippen MR) is 77.2 cm³/mol. The molecular weight excluding hydrogens is 238 g/mol. The molecule has 4 heteroatoms. The number of carbonyl (C=O) groups is 1. The van der Waals surface area contributed by atoms with Gasteiger partial charge in [-0.1, -0.05) is 6.42 Å². The molecule has 1 aromatic rings. The zero-order chi connectivity index (χ0) is 13.2. The molecule has 0 saturated heterocycles. The Balaban J connectivity index is 1.60. The van der Waals surface area contributed by atoms with E-state index >= 15 is 0 Å². The molecule has 1 aromatic carbocycles. The molecule has 19 heavy (non-hydrogen) atoms. The first kappa shape index (κ1) is 12.5. The number of carbonyl (C=O) groups excluding carboxylic acids is 1. The van der Waals surface area contributed by atoms with Crippen LogP contribution in [0.15, 0.2) is 18.2 Å². The molecular formula is C15H21N3O. The van der Waals surface area contributed by atoms with Crippen LogP contribution in [0.25, 0.3) is 0 Å². The van der Waals surface area contributed by atoms with Crippen LogP contribution in [0.3, 0.4) is 0 Å². The third-order valence-corrected chi connectivity index (χ3v) is 4.26. The summed E-state index contributed by atoms with van der Waals surface area (Å²) in [4.78, 5) is 12.0. The van der Waals surface area contributed by atoms with Crippen LogP contribution in [-0.4, -0.2) is 18.5 Å². The summed E-state index contributed by atoms with van der Waals surface area (Å²) in [6.07, 6.45) is 4.89. The number of amides is 1. The maximum atomic E-state index is 12.0. The number of fused-ring (bicyclic) bond motifs is 1. The van der Waals surface area contributed by atoms with Crippen LogP contribution in [0, 0.1) is 5.92 Å². The Morgan fingerprint density at radius 3 is 3.11 bits per heavy atom. The van der Waals surface area contributed by atoms with Crippen molar-refractivity contribution in [1.29, 1.82) is 0 Å². The van der Waals surface area contributed by atoms with Crippen molar-refractivity contribution in [3.63, 3.8) is 0 Å². The lowest BCUT2D eigenvalue weighted by molar-refractivity contribution is -0.117. The van der Waals surface area contributed by atoms with Crippen molar-refractivity contribution in [3.05, 3.63) is 23.8 Å². The third-order valence-electron chi connectivity index (χ3n) is 4.26. The maximum absolute atomic E-state index is 12.0. The third kappa shape index (κ3) is 2.73. The van der Waals surface area contributed by atoms with Gasteiger partial charge in [0.05, 0.1) is 0 Å². The smallest absolute Gasteiger partial charge is 0.224 e. The first-order chi connectivity index (χ1) is 9.22. The topological polar surface area (TPSA) is 67.2 Å². The highest BCUT2D eigenvalue weighted by molar-refractivity contribution is 5.91. The quantitative estimate of drug-likeness (QED) is 0.779. The molecule has 4 N–H and O–H groups in total. The van der Waals surface area contributed by atoms with Crippen molar-refractivity contribution in [2.45, 2.75) is 38.1 Å². The summed E-state index contributed by atoms with van der Waals surface area (Å²) >= 11 is 0. The van der Waals surface area contributed by atoms with E-state index in [4.69, 9.17) is 5.73 Å². The average molecular weight is 259 g/mol. The molecule has 1 saturated carbocycles. The monoisotopic (exact) mass is 259 g/mol. The maximum Gasteiger partial charge on any atom is 0.224 e. The Morgan fingerprint density at radius 2 is 2.32 bits per heavy atom. The molecule has 1 amide bonds. The second-order valence-electron chi connectivity index (χ2n) is 5.66. The van der Waals surface area contributed by atoms with Gasteiger partial charge in [0.25, 0.3) is 0 Å². The van der Waals surface area contributed by atoms with E-state index in [1.54, 1.807) is 0 Å². The van der Waals surface area contributed by atoms with Gasteiger partial charge in [-0.3, -0.25) is 4.79 Å². The first-order valence-electron chi connectivity index (χ1n) is 7.14. The standard InChI is InChI=1S/C15H21N3O/c16-13-3-1-2-10(13)9-15(19)18-12-4-5-14-11(8-12)6-7-17-14/h4-5,8,10,13,17H,1-3,6-7,9,16H2,(H,18,19)/t10-,13+/m0/s1. The molecule has 2 atom stereocenters. The van der Waals surface area contributed by atoms with E-state index in [0.717, 1.165) is 37.9 Å². The highest BCUT2D eigenvalue weighted by atomic mass is 16.1. The zero-order valence-electron chi connectivity index (χ0n) is 11.1. The number of nitrogens with two attached hydrogens (primary N) is 1. The lowest BCUT2D eigenvalue weighted by Crippen LogP contribution is -2.28. The number of hydrogen-bond acceptors (Lipinski definition) is 3. The number of anilines is 2. The van der Waals surface area contributed by atoms with E-state index in [2.05, 4.69) is 16.7 Å². The minimum absolute atomic E-state index is 0.0910. The van der Waals surface area contributed by atoms with Crippen molar-refractivity contribution in [2.75, 3.05) is 17.2 Å². The zero-order valence-corrected chi connectivity index (χ0v) is 11.1. The Hall–Kier alpha value is -1.55. The highest BCUT2D eigenvalue weighted by Crippen LogP contribution is 2.28. The molecule has 0 aromatic heterocycles. The second-order valence-corrected chi connectivity index (χ2v) is 5.66. The van der Waals surface area contributed by atoms with Gasteiger partial charge in [-0.05, 0) is 48.9 Å². The van der Waals surface area contributed by atoms with Gasteiger partial charge in [0.15, 0.2) is 0 Å². The average Bonchev–Trinajstić information content (AvgIpc) is 2.98. The van der Waals surface area contributed by atoms with E-state index in [1.165, 1.54) is 11.3 Å². The minimum atomic E-state index is 0.0910. The van der Waals surface area contributed by atoms with Gasteiger partial charge < -0.3 is 16.4 Å². The molecule has 0 unspecified atom stereocenters. The summed E-state index contributed by atoms with van der Waals surface area (Å²) in [5, 5.41) is 6.31. The minimum Gasteiger partial charge on any atom is -0.384 e. The normalized spacial score (nSPS) is 24.9. The van der Waals surface area contributed by atoms with Crippen LogP contribution in [0.2, 0.25) is 0 Å². The Kier molecular flexibility index (Phi) is 3.42. The molecule has 1 aliphatic carbocycles. The van der Waals surface area contributed by atoms with Gasteiger partial charge in [0.1, 0.15) is 0 Å². The summed E-state index contributed by atoms with van der Waals surface area (Å²) in [6, 6.07) is 6.28. The van der Waals surface area contributed by atoms with E-state index in [-0.39, 0.29) is 11.9 Å². The molecule has 1 aliphatic heterocycles. The Bertz CT molecular complexity index is 486. The second kappa shape index (κ2) is 5.21. The summed E-state index contributed by atoms with van der Waals surface area (Å²) in [7, 11) is 0. The molecule has 102 valence electrons. The van der Waals surface area contributed by atoms with Gasteiger partial charge >= 0.3 is 0 Å². The molecule has 0 bridgehead atoms. The Labute approximate surface area is 113 Å². The summed E-state index contributed by atoms with van der Waals surface area (Å²) in [5.41, 5.74) is 9.39. The van der Waals surface area contributed by atoms with Crippen LogP contribution in [0.1, 0.15) is 31.2 Å². The molecule has 1 fully saturated rings. The van der Waals surface area contributed by atoms with Crippen LogP contribution in [-0.2, 0) is 11.2 Å². The van der Waals surface area contributed by atoms with Crippen molar-refractivity contribution in [2.24, 2.45) is 11.7 Å². The van der Waals surface area contributed by atoms with E-state index in [0.29, 0.717) is 12.3 Å². The first-order valence-corrected chi connectivity index (χ1v) is 7.14. The molecule has 0 radical (unpaired) electrons. The molecule has 2 aliphatic rings. The fourth-order valence-corrected chi connectivity index (χ4v) is 3.15. The summed E-state index contributed by atoms with van der Waals surface area (Å²) in [6.45, 7) is 0.990. The number of hydrogen-bond donors (Lipinski definition) is 3. The number of benzene rings is 1. The van der Waals surface area contributed by atoms with Crippen LogP contribution >= 0.6 is 0 Å². The summed E-state index contributed by atoms with van der Waals surface area (Å²) in [5.74, 6) is 0.448. The van der Waals surface area contributed by atoms with Crippen molar-refractivity contribution >= 4 is 17.3 Å².